The summed E-state index contributed by atoms with van der Waals surface area (Å²) in [6.07, 6.45) is 11.1. The van der Waals surface area contributed by atoms with E-state index in [0.717, 1.165) is 42.9 Å². The summed E-state index contributed by atoms with van der Waals surface area (Å²) in [6.45, 7) is 6.83. The molecule has 4 heteroatoms. The summed E-state index contributed by atoms with van der Waals surface area (Å²) in [4.78, 5) is 26.1. The predicted molar refractivity (Wildman–Crippen MR) is 112 cm³/mol. The number of amides is 2. The van der Waals surface area contributed by atoms with Crippen LogP contribution >= 0.6 is 0 Å². The van der Waals surface area contributed by atoms with Crippen LogP contribution in [-0.2, 0) is 4.79 Å². The van der Waals surface area contributed by atoms with Gasteiger partial charge >= 0.3 is 6.03 Å². The van der Waals surface area contributed by atoms with Gasteiger partial charge < -0.3 is 10.2 Å². The third kappa shape index (κ3) is 3.01. The second-order valence-corrected chi connectivity index (χ2v) is 11.3. The second-order valence-electron chi connectivity index (χ2n) is 11.3. The molecule has 0 unspecified atom stereocenters. The zero-order valence-electron chi connectivity index (χ0n) is 18.6. The number of rotatable bonds is 2. The molecular formula is C24H40N2O2. The fourth-order valence-electron chi connectivity index (χ4n) is 8.36. The van der Waals surface area contributed by atoms with Crippen LogP contribution in [0.15, 0.2) is 0 Å². The minimum atomic E-state index is 0.0527. The first kappa shape index (κ1) is 20.2. The number of Topliss-reactive ketones (excluding diaryl/α,β-unsaturated/α-hetero) is 1. The van der Waals surface area contributed by atoms with Gasteiger partial charge in [0.1, 0.15) is 5.78 Å². The predicted octanol–water partition coefficient (Wildman–Crippen LogP) is 4.87. The van der Waals surface area contributed by atoms with Crippen LogP contribution in [0.5, 0.6) is 0 Å². The molecule has 4 saturated carbocycles. The van der Waals surface area contributed by atoms with Gasteiger partial charge in [-0.05, 0) is 99.2 Å². The lowest BCUT2D eigenvalue weighted by Gasteiger charge is -2.61. The van der Waals surface area contributed by atoms with E-state index in [0.29, 0.717) is 23.2 Å². The third-order valence-corrected chi connectivity index (χ3v) is 9.89. The Balaban J connectivity index is 1.49. The number of carbonyl (C=O) groups excluding carboxylic acids is 2. The summed E-state index contributed by atoms with van der Waals surface area (Å²) >= 11 is 0. The largest absolute Gasteiger partial charge is 0.335 e. The van der Waals surface area contributed by atoms with Crippen molar-refractivity contribution >= 4 is 11.8 Å². The van der Waals surface area contributed by atoms with E-state index in [1.165, 1.54) is 38.5 Å². The maximum absolute atomic E-state index is 12.3. The molecule has 1 N–H and O–H groups in total. The van der Waals surface area contributed by atoms with Crippen LogP contribution in [0, 0.1) is 40.4 Å². The van der Waals surface area contributed by atoms with Gasteiger partial charge in [0.25, 0.3) is 0 Å². The second kappa shape index (κ2) is 7.02. The van der Waals surface area contributed by atoms with Crippen LogP contribution in [0.2, 0.25) is 0 Å². The first-order valence-electron chi connectivity index (χ1n) is 11.6. The lowest BCUT2D eigenvalue weighted by molar-refractivity contribution is -0.134. The van der Waals surface area contributed by atoms with Gasteiger partial charge in [0.2, 0.25) is 0 Å². The summed E-state index contributed by atoms with van der Waals surface area (Å²) in [5.74, 6) is 3.87. The topological polar surface area (TPSA) is 49.4 Å². The molecule has 28 heavy (non-hydrogen) atoms. The van der Waals surface area contributed by atoms with Crippen molar-refractivity contribution in [3.05, 3.63) is 0 Å². The first-order chi connectivity index (χ1) is 13.2. The van der Waals surface area contributed by atoms with E-state index >= 15 is 0 Å². The number of ketones is 1. The molecule has 0 aromatic heterocycles. The molecule has 8 atom stereocenters. The summed E-state index contributed by atoms with van der Waals surface area (Å²) < 4.78 is 0. The van der Waals surface area contributed by atoms with Crippen molar-refractivity contribution < 1.29 is 9.59 Å². The molecule has 4 rings (SSSR count). The van der Waals surface area contributed by atoms with Crippen LogP contribution in [0.25, 0.3) is 0 Å². The van der Waals surface area contributed by atoms with Crippen molar-refractivity contribution in [2.45, 2.75) is 84.6 Å². The van der Waals surface area contributed by atoms with Gasteiger partial charge in [-0.1, -0.05) is 13.8 Å². The van der Waals surface area contributed by atoms with Gasteiger partial charge in [-0.2, -0.15) is 0 Å². The number of hydrogen-bond donors (Lipinski definition) is 1. The summed E-state index contributed by atoms with van der Waals surface area (Å²) in [5, 5.41) is 3.25. The Bertz CT molecular complexity index is 647. The standard InChI is InChI=1S/C24H40N2O2/c1-15(27)19-8-9-20-18-7-6-16-14-17(25-22(28)26(4)5)10-12-23(16,2)21(18)11-13-24(19,20)3/h16-21H,6-14H2,1-5H3,(H,25,28)/t16-,17-,18-,19+,20-,21-,23-,24+/m0/s1. The number of fused-ring (bicyclic) bond motifs is 5. The van der Waals surface area contributed by atoms with Crippen LogP contribution in [-0.4, -0.2) is 36.9 Å². The van der Waals surface area contributed by atoms with Gasteiger partial charge in [0, 0.05) is 26.1 Å². The zero-order valence-corrected chi connectivity index (χ0v) is 18.6. The van der Waals surface area contributed by atoms with Crippen molar-refractivity contribution in [2.75, 3.05) is 14.1 Å². The molecule has 0 saturated heterocycles. The zero-order chi connectivity index (χ0) is 20.3. The Morgan fingerprint density at radius 2 is 1.57 bits per heavy atom. The van der Waals surface area contributed by atoms with E-state index in [4.69, 9.17) is 0 Å². The fraction of sp³-hybridized carbons (Fsp3) is 0.917. The average Bonchev–Trinajstić information content (AvgIpc) is 2.99. The maximum Gasteiger partial charge on any atom is 0.317 e. The maximum atomic E-state index is 12.3. The number of urea groups is 1. The molecule has 2 amide bonds. The molecule has 0 aromatic carbocycles. The number of hydrogen-bond acceptors (Lipinski definition) is 2. The smallest absolute Gasteiger partial charge is 0.317 e. The summed E-state index contributed by atoms with van der Waals surface area (Å²) in [6, 6.07) is 0.393. The molecule has 0 spiro atoms. The van der Waals surface area contributed by atoms with E-state index in [1.807, 2.05) is 21.0 Å². The van der Waals surface area contributed by atoms with Crippen LogP contribution in [0.4, 0.5) is 4.79 Å². The van der Waals surface area contributed by atoms with E-state index in [-0.39, 0.29) is 11.4 Å². The van der Waals surface area contributed by atoms with Gasteiger partial charge in [-0.25, -0.2) is 4.79 Å². The number of nitrogens with one attached hydrogen (secondary N) is 1. The average molecular weight is 389 g/mol. The quantitative estimate of drug-likeness (QED) is 0.733. The highest BCUT2D eigenvalue weighted by Crippen LogP contribution is 2.67. The van der Waals surface area contributed by atoms with Crippen LogP contribution < -0.4 is 5.32 Å². The highest BCUT2D eigenvalue weighted by molar-refractivity contribution is 5.79. The van der Waals surface area contributed by atoms with E-state index in [2.05, 4.69) is 19.2 Å². The van der Waals surface area contributed by atoms with Crippen molar-refractivity contribution in [1.29, 1.82) is 0 Å². The Morgan fingerprint density at radius 3 is 2.25 bits per heavy atom. The van der Waals surface area contributed by atoms with Gasteiger partial charge in [-0.15, -0.1) is 0 Å². The fourth-order valence-corrected chi connectivity index (χ4v) is 8.36. The van der Waals surface area contributed by atoms with E-state index < -0.39 is 0 Å². The Labute approximate surface area is 171 Å². The van der Waals surface area contributed by atoms with Crippen molar-refractivity contribution in [3.63, 3.8) is 0 Å². The summed E-state index contributed by atoms with van der Waals surface area (Å²) in [7, 11) is 3.64. The minimum Gasteiger partial charge on any atom is -0.335 e. The molecule has 158 valence electrons. The van der Waals surface area contributed by atoms with E-state index in [1.54, 1.807) is 4.90 Å². The SMILES string of the molecule is CC(=O)[C@H]1CC[C@H]2[C@@H]3CC[C@H]4C[C@@H](NC(=O)N(C)C)CC[C@]4(C)[C@H]3CC[C@]12C. The lowest BCUT2D eigenvalue weighted by atomic mass is 9.44. The Kier molecular flexibility index (Phi) is 5.07. The monoisotopic (exact) mass is 388 g/mol. The highest BCUT2D eigenvalue weighted by Gasteiger charge is 2.60. The minimum absolute atomic E-state index is 0.0527. The number of nitrogens with zero attached hydrogens (tertiary/aromatic N) is 1. The van der Waals surface area contributed by atoms with Gasteiger partial charge in [-0.3, -0.25) is 4.79 Å². The molecule has 4 aliphatic rings. The third-order valence-electron chi connectivity index (χ3n) is 9.89. The van der Waals surface area contributed by atoms with Crippen molar-refractivity contribution in [3.8, 4) is 0 Å². The molecule has 4 fully saturated rings. The van der Waals surface area contributed by atoms with Crippen molar-refractivity contribution in [1.82, 2.24) is 10.2 Å². The normalized spacial score (nSPS) is 47.5. The first-order valence-corrected chi connectivity index (χ1v) is 11.6. The van der Waals surface area contributed by atoms with E-state index in [9.17, 15) is 9.59 Å². The molecule has 0 bridgehead atoms. The Morgan fingerprint density at radius 1 is 0.893 bits per heavy atom. The molecule has 4 nitrogen and oxygen atoms in total. The molecule has 4 aliphatic carbocycles. The van der Waals surface area contributed by atoms with Gasteiger partial charge in [0.05, 0.1) is 0 Å². The van der Waals surface area contributed by atoms with Crippen LogP contribution in [0.1, 0.15) is 78.6 Å². The molecule has 0 radical (unpaired) electrons. The number of carbonyl (C=O) groups is 2. The molecule has 0 aromatic rings. The molecular weight excluding hydrogens is 348 g/mol. The Hall–Kier alpha value is -1.06. The molecule has 0 heterocycles. The van der Waals surface area contributed by atoms with Gasteiger partial charge in [0.15, 0.2) is 0 Å². The molecule has 0 aliphatic heterocycles. The van der Waals surface area contributed by atoms with Crippen molar-refractivity contribution in [2.24, 2.45) is 40.4 Å². The lowest BCUT2D eigenvalue weighted by Crippen LogP contribution is -2.56. The summed E-state index contributed by atoms with van der Waals surface area (Å²) in [5.41, 5.74) is 0.686. The van der Waals surface area contributed by atoms with Crippen LogP contribution in [0.3, 0.4) is 0 Å². The highest BCUT2D eigenvalue weighted by atomic mass is 16.2.